The van der Waals surface area contributed by atoms with Crippen LogP contribution in [0.15, 0.2) is 29.4 Å². The molecule has 1 amide bonds. The minimum Gasteiger partial charge on any atom is -0.353 e. The topological polar surface area (TPSA) is 64.2 Å². The van der Waals surface area contributed by atoms with E-state index < -0.39 is 0 Å². The number of benzene rings is 1. The summed E-state index contributed by atoms with van der Waals surface area (Å²) in [5, 5.41) is 12.4. The van der Waals surface area contributed by atoms with Crippen molar-refractivity contribution in [2.24, 2.45) is 0 Å². The molecule has 1 saturated carbocycles. The van der Waals surface area contributed by atoms with Crippen molar-refractivity contribution in [3.05, 3.63) is 35.9 Å². The maximum Gasteiger partial charge on any atom is 0.230 e. The van der Waals surface area contributed by atoms with Crippen LogP contribution in [-0.4, -0.2) is 46.6 Å². The lowest BCUT2D eigenvalue weighted by Crippen LogP contribution is -3.05. The average molecular weight is 393 g/mol. The lowest BCUT2D eigenvalue weighted by Gasteiger charge is -2.18. The fourth-order valence-electron chi connectivity index (χ4n) is 3.22. The summed E-state index contributed by atoms with van der Waals surface area (Å²) in [6.45, 7) is 2.07. The molecule has 0 saturated heterocycles. The van der Waals surface area contributed by atoms with E-state index in [2.05, 4.69) is 36.5 Å². The fourth-order valence-corrected chi connectivity index (χ4v) is 3.99. The first-order valence-corrected chi connectivity index (χ1v) is 10.4. The second-order valence-electron chi connectivity index (χ2n) is 7.29. The van der Waals surface area contributed by atoms with Crippen molar-refractivity contribution in [1.82, 2.24) is 20.1 Å². The van der Waals surface area contributed by atoms with Gasteiger partial charge in [0, 0.05) is 11.7 Å². The Balaban J connectivity index is 1.79. The van der Waals surface area contributed by atoms with Crippen molar-refractivity contribution in [2.75, 3.05) is 19.8 Å². The van der Waals surface area contributed by atoms with Crippen molar-refractivity contribution in [3.63, 3.8) is 0 Å². The average Bonchev–Trinajstić information content (AvgIpc) is 3.29. The van der Waals surface area contributed by atoms with Gasteiger partial charge in [-0.15, -0.1) is 10.2 Å². The molecule has 0 radical (unpaired) electrons. The van der Waals surface area contributed by atoms with E-state index in [0.29, 0.717) is 17.0 Å². The lowest BCUT2D eigenvalue weighted by molar-refractivity contribution is -0.890. The van der Waals surface area contributed by atoms with Gasteiger partial charge in [-0.1, -0.05) is 24.6 Å². The third-order valence-electron chi connectivity index (χ3n) is 5.05. The molecule has 0 aliphatic heterocycles. The molecule has 1 aromatic carbocycles. The summed E-state index contributed by atoms with van der Waals surface area (Å²) in [6.07, 6.45) is 4.50. The van der Waals surface area contributed by atoms with Crippen LogP contribution in [0.1, 0.15) is 44.5 Å². The van der Waals surface area contributed by atoms with Crippen molar-refractivity contribution >= 4 is 17.7 Å². The van der Waals surface area contributed by atoms with Crippen LogP contribution in [0.3, 0.4) is 0 Å². The minimum atomic E-state index is -0.287. The summed E-state index contributed by atoms with van der Waals surface area (Å²) in [5.74, 6) is 0.817. The summed E-state index contributed by atoms with van der Waals surface area (Å²) in [5.41, 5.74) is 0.795. The Hall–Kier alpha value is -1.93. The third-order valence-corrected chi connectivity index (χ3v) is 5.98. The first kappa shape index (κ1) is 19.8. The predicted octanol–water partition coefficient (Wildman–Crippen LogP) is 1.76. The van der Waals surface area contributed by atoms with Gasteiger partial charge in [-0.05, 0) is 44.0 Å². The molecule has 1 aliphatic rings. The Morgan fingerprint density at radius 3 is 2.59 bits per heavy atom. The van der Waals surface area contributed by atoms with Crippen LogP contribution in [0.4, 0.5) is 4.39 Å². The number of rotatable bonds is 7. The second kappa shape index (κ2) is 8.84. The van der Waals surface area contributed by atoms with E-state index in [1.807, 2.05) is 4.57 Å². The van der Waals surface area contributed by atoms with Gasteiger partial charge >= 0.3 is 0 Å². The highest BCUT2D eigenvalue weighted by Gasteiger charge is 2.24. The molecule has 0 bridgehead atoms. The minimum absolute atomic E-state index is 0.0217. The highest BCUT2D eigenvalue weighted by molar-refractivity contribution is 7.99. The molecule has 0 unspecified atom stereocenters. The van der Waals surface area contributed by atoms with Gasteiger partial charge in [-0.25, -0.2) is 4.39 Å². The maximum atomic E-state index is 13.4. The van der Waals surface area contributed by atoms with Gasteiger partial charge in [0.2, 0.25) is 5.91 Å². The highest BCUT2D eigenvalue weighted by atomic mass is 32.2. The molecule has 1 aromatic heterocycles. The van der Waals surface area contributed by atoms with E-state index in [4.69, 9.17) is 0 Å². The van der Waals surface area contributed by atoms with Gasteiger partial charge in [-0.3, -0.25) is 9.36 Å². The standard InChI is InChI=1S/C19H26FN5OS/c1-13(24(2)3)18-22-23-19(25(18)16-10-8-14(20)9-11-16)27-12-17(26)21-15-6-4-5-7-15/h8-11,13,15H,4-7,12H2,1-3H3,(H,21,26)/p+1/t13-/m0/s1. The number of halogens is 1. The zero-order valence-corrected chi connectivity index (χ0v) is 16.9. The normalized spacial score (nSPS) is 16.0. The van der Waals surface area contributed by atoms with Gasteiger partial charge < -0.3 is 10.2 Å². The van der Waals surface area contributed by atoms with Gasteiger partial charge in [0.15, 0.2) is 11.0 Å². The molecule has 1 atom stereocenters. The number of aromatic nitrogens is 3. The molecule has 6 nitrogen and oxygen atoms in total. The van der Waals surface area contributed by atoms with E-state index in [1.165, 1.54) is 41.6 Å². The van der Waals surface area contributed by atoms with E-state index in [0.717, 1.165) is 24.4 Å². The van der Waals surface area contributed by atoms with E-state index in [1.54, 1.807) is 12.1 Å². The van der Waals surface area contributed by atoms with Crippen LogP contribution < -0.4 is 10.2 Å². The summed E-state index contributed by atoms with van der Waals surface area (Å²) in [4.78, 5) is 13.5. The van der Waals surface area contributed by atoms with E-state index >= 15 is 0 Å². The smallest absolute Gasteiger partial charge is 0.230 e. The van der Waals surface area contributed by atoms with Crippen LogP contribution in [0.5, 0.6) is 0 Å². The molecular formula is C19H27FN5OS+. The highest BCUT2D eigenvalue weighted by Crippen LogP contribution is 2.25. The number of carbonyl (C=O) groups is 1. The number of hydrogen-bond donors (Lipinski definition) is 2. The van der Waals surface area contributed by atoms with Crippen molar-refractivity contribution < 1.29 is 14.1 Å². The number of thioether (sulfide) groups is 1. The molecule has 0 spiro atoms. The molecule has 27 heavy (non-hydrogen) atoms. The molecule has 146 valence electrons. The van der Waals surface area contributed by atoms with Gasteiger partial charge in [0.1, 0.15) is 11.9 Å². The zero-order valence-electron chi connectivity index (χ0n) is 16.0. The Labute approximate surface area is 163 Å². The molecule has 1 fully saturated rings. The van der Waals surface area contributed by atoms with E-state index in [9.17, 15) is 9.18 Å². The van der Waals surface area contributed by atoms with Crippen molar-refractivity contribution in [1.29, 1.82) is 0 Å². The summed E-state index contributed by atoms with van der Waals surface area (Å²) < 4.78 is 15.3. The number of nitrogens with one attached hydrogen (secondary N) is 2. The number of hydrogen-bond acceptors (Lipinski definition) is 4. The monoisotopic (exact) mass is 392 g/mol. The molecule has 2 N–H and O–H groups in total. The predicted molar refractivity (Wildman–Crippen MR) is 104 cm³/mol. The molecule has 3 rings (SSSR count). The first-order valence-electron chi connectivity index (χ1n) is 9.39. The molecule has 8 heteroatoms. The van der Waals surface area contributed by atoms with Gasteiger partial charge in [0.05, 0.1) is 19.8 Å². The van der Waals surface area contributed by atoms with Crippen molar-refractivity contribution in [3.8, 4) is 5.69 Å². The Morgan fingerprint density at radius 2 is 1.96 bits per heavy atom. The Bertz CT molecular complexity index is 771. The lowest BCUT2D eigenvalue weighted by atomic mass is 10.2. The van der Waals surface area contributed by atoms with Crippen LogP contribution in [0.2, 0.25) is 0 Å². The zero-order chi connectivity index (χ0) is 19.4. The number of amides is 1. The molecular weight excluding hydrogens is 365 g/mol. The summed E-state index contributed by atoms with van der Waals surface area (Å²) >= 11 is 1.36. The number of quaternary nitrogens is 1. The van der Waals surface area contributed by atoms with Gasteiger partial charge in [0.25, 0.3) is 0 Å². The number of nitrogens with zero attached hydrogens (tertiary/aromatic N) is 3. The molecule has 2 aromatic rings. The summed E-state index contributed by atoms with van der Waals surface area (Å²) in [7, 11) is 4.10. The molecule has 1 aliphatic carbocycles. The van der Waals surface area contributed by atoms with E-state index in [-0.39, 0.29) is 17.8 Å². The second-order valence-corrected chi connectivity index (χ2v) is 8.23. The SMILES string of the molecule is C[C@@H](c1nnc(SCC(=O)NC2CCCC2)n1-c1ccc(F)cc1)[NH+](C)C. The molecule has 1 heterocycles. The third kappa shape index (κ3) is 4.87. The Morgan fingerprint density at radius 1 is 1.30 bits per heavy atom. The van der Waals surface area contributed by atoms with Crippen LogP contribution in [0.25, 0.3) is 5.69 Å². The Kier molecular flexibility index (Phi) is 6.49. The van der Waals surface area contributed by atoms with Crippen molar-refractivity contribution in [2.45, 2.75) is 49.8 Å². The van der Waals surface area contributed by atoms with Crippen LogP contribution >= 0.6 is 11.8 Å². The maximum absolute atomic E-state index is 13.4. The fraction of sp³-hybridized carbons (Fsp3) is 0.526. The van der Waals surface area contributed by atoms with Gasteiger partial charge in [-0.2, -0.15) is 0 Å². The summed E-state index contributed by atoms with van der Waals surface area (Å²) in [6, 6.07) is 6.68. The number of carbonyl (C=O) groups excluding carboxylic acids is 1. The largest absolute Gasteiger partial charge is 0.353 e. The van der Waals surface area contributed by atoms with Crippen LogP contribution in [-0.2, 0) is 4.79 Å². The first-order chi connectivity index (χ1) is 13.0. The van der Waals surface area contributed by atoms with Crippen LogP contribution in [0, 0.1) is 5.82 Å². The quantitative estimate of drug-likeness (QED) is 0.705.